The minimum Gasteiger partial charge on any atom is -0.374 e. The van der Waals surface area contributed by atoms with Crippen LogP contribution in [0, 0.1) is 0 Å². The van der Waals surface area contributed by atoms with Crippen molar-refractivity contribution < 1.29 is 4.74 Å². The van der Waals surface area contributed by atoms with Gasteiger partial charge in [-0.15, -0.1) is 0 Å². The van der Waals surface area contributed by atoms with E-state index in [1.54, 1.807) is 13.3 Å². The van der Waals surface area contributed by atoms with Crippen molar-refractivity contribution in [2.75, 3.05) is 7.11 Å². The van der Waals surface area contributed by atoms with Gasteiger partial charge < -0.3 is 4.74 Å². The van der Waals surface area contributed by atoms with Crippen LogP contribution in [0.4, 0.5) is 0 Å². The van der Waals surface area contributed by atoms with E-state index in [0.29, 0.717) is 0 Å². The maximum absolute atomic E-state index is 5.28. The predicted octanol–water partition coefficient (Wildman–Crippen LogP) is 1.96. The summed E-state index contributed by atoms with van der Waals surface area (Å²) in [4.78, 5) is 4.02. The molecular formula is C9H13NO. The Morgan fingerprint density at radius 3 is 2.64 bits per heavy atom. The summed E-state index contributed by atoms with van der Waals surface area (Å²) < 4.78 is 5.28. The van der Waals surface area contributed by atoms with Crippen molar-refractivity contribution in [3.63, 3.8) is 0 Å². The summed E-state index contributed by atoms with van der Waals surface area (Å²) in [6.07, 6.45) is 3.58. The molecule has 1 aromatic heterocycles. The number of ether oxygens (including phenoxy) is 1. The molecule has 1 rings (SSSR count). The number of aromatic nitrogens is 1. The zero-order valence-corrected chi connectivity index (χ0v) is 7.16. The summed E-state index contributed by atoms with van der Waals surface area (Å²) in [7, 11) is 1.70. The lowest BCUT2D eigenvalue weighted by atomic mass is 10.0. The van der Waals surface area contributed by atoms with Gasteiger partial charge in [0.2, 0.25) is 0 Å². The van der Waals surface area contributed by atoms with Crippen molar-refractivity contribution in [2.45, 2.75) is 19.4 Å². The molecule has 0 spiro atoms. The minimum absolute atomic E-state index is 0.228. The largest absolute Gasteiger partial charge is 0.374 e. The second kappa shape index (κ2) is 3.01. The number of hydrogen-bond donors (Lipinski definition) is 0. The lowest BCUT2D eigenvalue weighted by Gasteiger charge is -2.22. The third-order valence-electron chi connectivity index (χ3n) is 1.87. The summed E-state index contributed by atoms with van der Waals surface area (Å²) in [6.45, 7) is 4.04. The van der Waals surface area contributed by atoms with Crippen molar-refractivity contribution in [3.8, 4) is 0 Å². The Labute approximate surface area is 67.2 Å². The standard InChI is InChI=1S/C9H13NO/c1-9(2,11-3)8-5-4-6-10-7-8/h4-7H,1-3H3. The highest BCUT2D eigenvalue weighted by Crippen LogP contribution is 2.21. The first-order valence-electron chi connectivity index (χ1n) is 3.62. The van der Waals surface area contributed by atoms with Crippen molar-refractivity contribution >= 4 is 0 Å². The monoisotopic (exact) mass is 151 g/mol. The zero-order valence-electron chi connectivity index (χ0n) is 7.16. The Bertz CT molecular complexity index is 218. The zero-order chi connectivity index (χ0) is 8.32. The molecule has 60 valence electrons. The molecule has 2 heteroatoms. The molecule has 0 atom stereocenters. The second-order valence-corrected chi connectivity index (χ2v) is 2.96. The highest BCUT2D eigenvalue weighted by Gasteiger charge is 2.18. The average Bonchev–Trinajstić information content (AvgIpc) is 2.06. The molecule has 1 aromatic rings. The average molecular weight is 151 g/mol. The van der Waals surface area contributed by atoms with Crippen molar-refractivity contribution in [1.29, 1.82) is 0 Å². The molecule has 0 radical (unpaired) electrons. The van der Waals surface area contributed by atoms with Gasteiger partial charge in [-0.05, 0) is 19.9 Å². The molecule has 2 nitrogen and oxygen atoms in total. The summed E-state index contributed by atoms with van der Waals surface area (Å²) in [6, 6.07) is 3.92. The van der Waals surface area contributed by atoms with Crippen LogP contribution in [0.2, 0.25) is 0 Å². The Hall–Kier alpha value is -0.890. The third kappa shape index (κ3) is 1.77. The fourth-order valence-electron chi connectivity index (χ4n) is 0.837. The Kier molecular flexibility index (Phi) is 2.25. The normalized spacial score (nSPS) is 11.5. The third-order valence-corrected chi connectivity index (χ3v) is 1.87. The van der Waals surface area contributed by atoms with Gasteiger partial charge in [-0.3, -0.25) is 4.98 Å². The van der Waals surface area contributed by atoms with Crippen molar-refractivity contribution in [1.82, 2.24) is 4.98 Å². The van der Waals surface area contributed by atoms with Crippen LogP contribution in [0.5, 0.6) is 0 Å². The molecule has 1 heterocycles. The fraction of sp³-hybridized carbons (Fsp3) is 0.444. The maximum atomic E-state index is 5.28. The van der Waals surface area contributed by atoms with Gasteiger partial charge >= 0.3 is 0 Å². The molecule has 0 saturated carbocycles. The van der Waals surface area contributed by atoms with E-state index in [2.05, 4.69) is 4.98 Å². The Morgan fingerprint density at radius 1 is 1.45 bits per heavy atom. The van der Waals surface area contributed by atoms with E-state index < -0.39 is 0 Å². The first-order valence-corrected chi connectivity index (χ1v) is 3.62. The van der Waals surface area contributed by atoms with Crippen LogP contribution in [-0.4, -0.2) is 12.1 Å². The van der Waals surface area contributed by atoms with Crippen LogP contribution in [0.1, 0.15) is 19.4 Å². The lowest BCUT2D eigenvalue weighted by Crippen LogP contribution is -2.19. The molecule has 0 aliphatic heterocycles. The van der Waals surface area contributed by atoms with Crippen LogP contribution in [-0.2, 0) is 10.3 Å². The number of methoxy groups -OCH3 is 1. The quantitative estimate of drug-likeness (QED) is 0.644. The van der Waals surface area contributed by atoms with Gasteiger partial charge in [0.15, 0.2) is 0 Å². The van der Waals surface area contributed by atoms with Crippen LogP contribution >= 0.6 is 0 Å². The van der Waals surface area contributed by atoms with Gasteiger partial charge in [0.05, 0.1) is 5.60 Å². The molecule has 0 bridgehead atoms. The first kappa shape index (κ1) is 8.21. The van der Waals surface area contributed by atoms with Crippen LogP contribution in [0.3, 0.4) is 0 Å². The van der Waals surface area contributed by atoms with Gasteiger partial charge in [-0.1, -0.05) is 6.07 Å². The molecule has 11 heavy (non-hydrogen) atoms. The van der Waals surface area contributed by atoms with Crippen LogP contribution < -0.4 is 0 Å². The molecule has 0 aliphatic rings. The molecule has 0 aromatic carbocycles. The number of rotatable bonds is 2. The predicted molar refractivity (Wildman–Crippen MR) is 44.3 cm³/mol. The molecule has 0 aliphatic carbocycles. The van der Waals surface area contributed by atoms with E-state index in [4.69, 9.17) is 4.74 Å². The molecule has 0 unspecified atom stereocenters. The highest BCUT2D eigenvalue weighted by atomic mass is 16.5. The van der Waals surface area contributed by atoms with Crippen molar-refractivity contribution in [3.05, 3.63) is 30.1 Å². The van der Waals surface area contributed by atoms with E-state index in [1.165, 1.54) is 0 Å². The van der Waals surface area contributed by atoms with Crippen molar-refractivity contribution in [2.24, 2.45) is 0 Å². The molecular weight excluding hydrogens is 138 g/mol. The molecule has 0 fully saturated rings. The Balaban J connectivity index is 2.93. The molecule has 0 N–H and O–H groups in total. The summed E-state index contributed by atoms with van der Waals surface area (Å²) in [5, 5.41) is 0. The summed E-state index contributed by atoms with van der Waals surface area (Å²) in [5.41, 5.74) is 0.872. The van der Waals surface area contributed by atoms with Crippen LogP contribution in [0.25, 0.3) is 0 Å². The summed E-state index contributed by atoms with van der Waals surface area (Å²) in [5.74, 6) is 0. The maximum Gasteiger partial charge on any atom is 0.0886 e. The topological polar surface area (TPSA) is 22.1 Å². The highest BCUT2D eigenvalue weighted by molar-refractivity contribution is 5.15. The number of nitrogens with zero attached hydrogens (tertiary/aromatic N) is 1. The van der Waals surface area contributed by atoms with E-state index in [1.807, 2.05) is 32.2 Å². The molecule has 0 saturated heterocycles. The SMILES string of the molecule is COC(C)(C)c1cccnc1. The fourth-order valence-corrected chi connectivity index (χ4v) is 0.837. The number of hydrogen-bond acceptors (Lipinski definition) is 2. The van der Waals surface area contributed by atoms with Gasteiger partial charge in [0, 0.05) is 25.1 Å². The van der Waals surface area contributed by atoms with E-state index in [0.717, 1.165) is 5.56 Å². The van der Waals surface area contributed by atoms with Gasteiger partial charge in [-0.2, -0.15) is 0 Å². The van der Waals surface area contributed by atoms with E-state index in [9.17, 15) is 0 Å². The summed E-state index contributed by atoms with van der Waals surface area (Å²) >= 11 is 0. The first-order chi connectivity index (χ1) is 5.17. The number of pyridine rings is 1. The lowest BCUT2D eigenvalue weighted by molar-refractivity contribution is 0.0189. The van der Waals surface area contributed by atoms with E-state index in [-0.39, 0.29) is 5.60 Å². The Morgan fingerprint density at radius 2 is 2.18 bits per heavy atom. The van der Waals surface area contributed by atoms with Crippen LogP contribution in [0.15, 0.2) is 24.5 Å². The molecule has 0 amide bonds. The smallest absolute Gasteiger partial charge is 0.0886 e. The second-order valence-electron chi connectivity index (χ2n) is 2.96. The minimum atomic E-state index is -0.228. The van der Waals surface area contributed by atoms with Gasteiger partial charge in [0.1, 0.15) is 0 Å². The van der Waals surface area contributed by atoms with Gasteiger partial charge in [-0.25, -0.2) is 0 Å². The van der Waals surface area contributed by atoms with E-state index >= 15 is 0 Å². The van der Waals surface area contributed by atoms with Gasteiger partial charge in [0.25, 0.3) is 0 Å².